The Balaban J connectivity index is 2.65. The zero-order valence-electron chi connectivity index (χ0n) is 24.7. The van der Waals surface area contributed by atoms with E-state index in [4.69, 9.17) is 0 Å². The van der Waals surface area contributed by atoms with Crippen LogP contribution in [0, 0.1) is 10.8 Å². The fraction of sp³-hybridized carbons (Fsp3) is 0.875. The van der Waals surface area contributed by atoms with Crippen molar-refractivity contribution in [3.8, 4) is 0 Å². The molecule has 2 unspecified atom stereocenters. The second kappa shape index (κ2) is 19.1. The molecule has 0 spiro atoms. The quantitative estimate of drug-likeness (QED) is 0.144. The van der Waals surface area contributed by atoms with E-state index in [1.165, 1.54) is 128 Å². The van der Waals surface area contributed by atoms with Crippen molar-refractivity contribution in [3.05, 3.63) is 18.0 Å². The smallest absolute Gasteiger partial charge is 0.0729 e. The molecule has 0 N–H and O–H groups in total. The third-order valence-corrected chi connectivity index (χ3v) is 8.20. The standard InChI is InChI=1S/C32H61N3/c1-7-11-15-19-25-32(6,24-18-13-9-3)27-28-35-30(29-33-34-35)21-16-20-26-31(5,22-14-10-4)23-17-12-8-2/h27-29H,7-26H2,1-6H3/b28-27+. The highest BCUT2D eigenvalue weighted by atomic mass is 15.4. The summed E-state index contributed by atoms with van der Waals surface area (Å²) in [5.74, 6) is 0. The minimum Gasteiger partial charge on any atom is -0.225 e. The molecule has 0 fully saturated rings. The summed E-state index contributed by atoms with van der Waals surface area (Å²) < 4.78 is 2.06. The number of hydrogen-bond acceptors (Lipinski definition) is 2. The van der Waals surface area contributed by atoms with Crippen LogP contribution in [0.15, 0.2) is 12.3 Å². The van der Waals surface area contributed by atoms with Crippen molar-refractivity contribution >= 4 is 6.20 Å². The van der Waals surface area contributed by atoms with Gasteiger partial charge in [-0.2, -0.15) is 0 Å². The van der Waals surface area contributed by atoms with Gasteiger partial charge in [0.15, 0.2) is 0 Å². The van der Waals surface area contributed by atoms with E-state index in [1.54, 1.807) is 0 Å². The third kappa shape index (κ3) is 14.3. The van der Waals surface area contributed by atoms with Crippen LogP contribution in [0.3, 0.4) is 0 Å². The summed E-state index contributed by atoms with van der Waals surface area (Å²) in [6.45, 7) is 14.2. The van der Waals surface area contributed by atoms with Crippen molar-refractivity contribution < 1.29 is 0 Å². The van der Waals surface area contributed by atoms with Crippen LogP contribution in [0.4, 0.5) is 0 Å². The van der Waals surface area contributed by atoms with Crippen molar-refractivity contribution in [2.75, 3.05) is 0 Å². The maximum absolute atomic E-state index is 4.42. The molecule has 2 atom stereocenters. The SMILES string of the molecule is CCCCCCC(C)(/C=C/n1nncc1CCCCC(C)(CCCC)CCCCC)CCCCC. The molecule has 0 aliphatic heterocycles. The van der Waals surface area contributed by atoms with Crippen molar-refractivity contribution in [2.45, 2.75) is 170 Å². The summed E-state index contributed by atoms with van der Waals surface area (Å²) in [5, 5.41) is 8.69. The highest BCUT2D eigenvalue weighted by Crippen LogP contribution is 2.36. The van der Waals surface area contributed by atoms with E-state index < -0.39 is 0 Å². The summed E-state index contributed by atoms with van der Waals surface area (Å²) in [6.07, 6.45) is 33.1. The number of allylic oxidation sites excluding steroid dienone is 1. The predicted octanol–water partition coefficient (Wildman–Crippen LogP) is 10.8. The van der Waals surface area contributed by atoms with Gasteiger partial charge in [-0.25, -0.2) is 4.68 Å². The van der Waals surface area contributed by atoms with Crippen molar-refractivity contribution in [3.63, 3.8) is 0 Å². The maximum Gasteiger partial charge on any atom is 0.0729 e. The van der Waals surface area contributed by atoms with Crippen molar-refractivity contribution in [1.29, 1.82) is 0 Å². The second-order valence-corrected chi connectivity index (χ2v) is 12.0. The van der Waals surface area contributed by atoms with Crippen molar-refractivity contribution in [2.24, 2.45) is 10.8 Å². The molecular weight excluding hydrogens is 426 g/mol. The number of unbranched alkanes of at least 4 members (excludes halogenated alkanes) is 9. The number of nitrogens with zero attached hydrogens (tertiary/aromatic N) is 3. The van der Waals surface area contributed by atoms with Crippen LogP contribution in [0.25, 0.3) is 6.20 Å². The molecule has 0 saturated carbocycles. The Morgan fingerprint density at radius 2 is 1.17 bits per heavy atom. The van der Waals surface area contributed by atoms with Crippen LogP contribution in [0.1, 0.15) is 169 Å². The summed E-state index contributed by atoms with van der Waals surface area (Å²) in [4.78, 5) is 0. The van der Waals surface area contributed by atoms with Crippen LogP contribution in [-0.4, -0.2) is 15.0 Å². The van der Waals surface area contributed by atoms with Gasteiger partial charge >= 0.3 is 0 Å². The molecule has 0 aromatic carbocycles. The monoisotopic (exact) mass is 487 g/mol. The molecular formula is C32H61N3. The molecule has 3 nitrogen and oxygen atoms in total. The Morgan fingerprint density at radius 1 is 0.657 bits per heavy atom. The maximum atomic E-state index is 4.42. The fourth-order valence-electron chi connectivity index (χ4n) is 5.48. The van der Waals surface area contributed by atoms with Gasteiger partial charge in [-0.15, -0.1) is 5.10 Å². The molecule has 1 rings (SSSR count). The minimum atomic E-state index is 0.270. The first kappa shape index (κ1) is 31.9. The number of aryl methyl sites for hydroxylation is 1. The molecule has 3 heteroatoms. The van der Waals surface area contributed by atoms with Gasteiger partial charge < -0.3 is 0 Å². The van der Waals surface area contributed by atoms with Crippen LogP contribution >= 0.6 is 0 Å². The molecule has 0 radical (unpaired) electrons. The third-order valence-electron chi connectivity index (χ3n) is 8.20. The zero-order valence-corrected chi connectivity index (χ0v) is 24.7. The first-order valence-electron chi connectivity index (χ1n) is 15.5. The minimum absolute atomic E-state index is 0.270. The first-order valence-corrected chi connectivity index (χ1v) is 15.5. The molecule has 204 valence electrons. The molecule has 0 aliphatic rings. The molecule has 1 aromatic heterocycles. The average Bonchev–Trinajstić information content (AvgIpc) is 3.30. The van der Waals surface area contributed by atoms with Gasteiger partial charge in [0.2, 0.25) is 0 Å². The molecule has 1 heterocycles. The fourth-order valence-corrected chi connectivity index (χ4v) is 5.48. The van der Waals surface area contributed by atoms with E-state index in [2.05, 4.69) is 68.8 Å². The number of hydrogen-bond donors (Lipinski definition) is 0. The lowest BCUT2D eigenvalue weighted by Crippen LogP contribution is -2.16. The normalized spacial score (nSPS) is 15.5. The van der Waals surface area contributed by atoms with E-state index in [0.717, 1.165) is 6.42 Å². The second-order valence-electron chi connectivity index (χ2n) is 12.0. The van der Waals surface area contributed by atoms with E-state index in [0.29, 0.717) is 5.41 Å². The molecule has 0 bridgehead atoms. The van der Waals surface area contributed by atoms with E-state index in [1.807, 2.05) is 6.20 Å². The van der Waals surface area contributed by atoms with Crippen LogP contribution in [0.5, 0.6) is 0 Å². The van der Waals surface area contributed by atoms with Gasteiger partial charge in [0.05, 0.1) is 11.9 Å². The molecule has 0 amide bonds. The average molecular weight is 488 g/mol. The Morgan fingerprint density at radius 3 is 1.80 bits per heavy atom. The number of aromatic nitrogens is 3. The number of rotatable bonds is 23. The zero-order chi connectivity index (χ0) is 25.8. The lowest BCUT2D eigenvalue weighted by Gasteiger charge is -2.30. The largest absolute Gasteiger partial charge is 0.225 e. The van der Waals surface area contributed by atoms with Gasteiger partial charge in [0.25, 0.3) is 0 Å². The lowest BCUT2D eigenvalue weighted by molar-refractivity contribution is 0.226. The molecule has 35 heavy (non-hydrogen) atoms. The first-order chi connectivity index (χ1) is 16.9. The van der Waals surface area contributed by atoms with Gasteiger partial charge in [-0.3, -0.25) is 0 Å². The van der Waals surface area contributed by atoms with Crippen molar-refractivity contribution in [1.82, 2.24) is 15.0 Å². The van der Waals surface area contributed by atoms with E-state index in [-0.39, 0.29) is 5.41 Å². The molecule has 1 aromatic rings. The Hall–Kier alpha value is -1.12. The topological polar surface area (TPSA) is 30.7 Å². The summed E-state index contributed by atoms with van der Waals surface area (Å²) in [5.41, 5.74) is 2.07. The lowest BCUT2D eigenvalue weighted by atomic mass is 9.76. The van der Waals surface area contributed by atoms with Gasteiger partial charge in [0.1, 0.15) is 0 Å². The Kier molecular flexibility index (Phi) is 17.4. The van der Waals surface area contributed by atoms with Crippen LogP contribution < -0.4 is 0 Å². The molecule has 0 aliphatic carbocycles. The van der Waals surface area contributed by atoms with Crippen LogP contribution in [-0.2, 0) is 6.42 Å². The predicted molar refractivity (Wildman–Crippen MR) is 156 cm³/mol. The van der Waals surface area contributed by atoms with Gasteiger partial charge in [-0.05, 0) is 55.8 Å². The summed E-state index contributed by atoms with van der Waals surface area (Å²) >= 11 is 0. The van der Waals surface area contributed by atoms with E-state index in [9.17, 15) is 0 Å². The Labute approximate surface area is 219 Å². The van der Waals surface area contributed by atoms with Crippen LogP contribution in [0.2, 0.25) is 0 Å². The van der Waals surface area contributed by atoms with Gasteiger partial charge in [0, 0.05) is 6.20 Å². The Bertz CT molecular complexity index is 649. The van der Waals surface area contributed by atoms with E-state index >= 15 is 0 Å². The summed E-state index contributed by atoms with van der Waals surface area (Å²) in [7, 11) is 0. The highest BCUT2D eigenvalue weighted by molar-refractivity contribution is 5.26. The molecule has 0 saturated heterocycles. The summed E-state index contributed by atoms with van der Waals surface area (Å²) in [6, 6.07) is 0. The highest BCUT2D eigenvalue weighted by Gasteiger charge is 2.23. The van der Waals surface area contributed by atoms with Gasteiger partial charge in [-0.1, -0.05) is 136 Å².